The highest BCUT2D eigenvalue weighted by Gasteiger charge is 2.36. The molecule has 3 aromatic carbocycles. The molecule has 2 saturated heterocycles. The summed E-state index contributed by atoms with van der Waals surface area (Å²) in [5.74, 6) is -0.951. The topological polar surface area (TPSA) is 130 Å². The van der Waals surface area contributed by atoms with Crippen LogP contribution in [-0.4, -0.2) is 65.4 Å². The van der Waals surface area contributed by atoms with Gasteiger partial charge in [0.15, 0.2) is 0 Å². The van der Waals surface area contributed by atoms with Gasteiger partial charge in [-0.05, 0) is 54.8 Å². The maximum Gasteiger partial charge on any atom is 0.275 e. The number of carbonyl (C=O) groups excluding carboxylic acids is 2. The number of ether oxygens (including phenoxy) is 1. The molecule has 2 amide bonds. The van der Waals surface area contributed by atoms with Gasteiger partial charge in [-0.15, -0.1) is 11.8 Å². The Kier molecular flexibility index (Phi) is 7.96. The molecule has 3 heterocycles. The number of pyridine rings is 1. The van der Waals surface area contributed by atoms with Crippen molar-refractivity contribution in [3.05, 3.63) is 104 Å². The number of carbonyl (C=O) groups is 2. The molecule has 1 unspecified atom stereocenters. The lowest BCUT2D eigenvalue weighted by atomic mass is 10.1. The fourth-order valence-electron chi connectivity index (χ4n) is 6.17. The number of thioether (sulfide) groups is 1. The summed E-state index contributed by atoms with van der Waals surface area (Å²) in [5, 5.41) is 11.8. The van der Waals surface area contributed by atoms with Gasteiger partial charge >= 0.3 is 0 Å². The van der Waals surface area contributed by atoms with E-state index in [0.29, 0.717) is 42.9 Å². The van der Waals surface area contributed by atoms with E-state index in [-0.39, 0.29) is 28.4 Å². The van der Waals surface area contributed by atoms with Gasteiger partial charge in [0.25, 0.3) is 17.5 Å². The molecule has 3 fully saturated rings. The van der Waals surface area contributed by atoms with Crippen molar-refractivity contribution in [1.29, 1.82) is 0 Å². The zero-order chi connectivity index (χ0) is 32.8. The Labute approximate surface area is 272 Å². The highest BCUT2D eigenvalue weighted by Crippen LogP contribution is 2.40. The molecule has 1 saturated carbocycles. The minimum atomic E-state index is -0.809. The third-order valence-corrected chi connectivity index (χ3v) is 10.0. The predicted molar refractivity (Wildman–Crippen MR) is 176 cm³/mol. The molecule has 0 bridgehead atoms. The minimum absolute atomic E-state index is 0.0417. The van der Waals surface area contributed by atoms with Crippen molar-refractivity contribution >= 4 is 51.5 Å². The molecule has 1 N–H and O–H groups in total. The second-order valence-electron chi connectivity index (χ2n) is 11.7. The first-order valence-electron chi connectivity index (χ1n) is 15.2. The summed E-state index contributed by atoms with van der Waals surface area (Å²) < 4.78 is 22.9. The molecule has 0 radical (unpaired) electrons. The van der Waals surface area contributed by atoms with Crippen molar-refractivity contribution in [3.63, 3.8) is 0 Å². The number of fused-ring (bicyclic) bond motifs is 1. The molecule has 47 heavy (non-hydrogen) atoms. The number of aromatic nitrogens is 1. The van der Waals surface area contributed by atoms with Crippen LogP contribution in [0.3, 0.4) is 0 Å². The van der Waals surface area contributed by atoms with Crippen LogP contribution in [0.1, 0.15) is 40.2 Å². The molecule has 242 valence electrons. The normalized spacial score (nSPS) is 18.1. The third kappa shape index (κ3) is 5.84. The molecule has 7 rings (SSSR count). The first kappa shape index (κ1) is 30.5. The van der Waals surface area contributed by atoms with Crippen LogP contribution in [-0.2, 0) is 4.79 Å². The van der Waals surface area contributed by atoms with Gasteiger partial charge in [0, 0.05) is 61.6 Å². The number of hydrogen-bond donors (Lipinski definition) is 1. The minimum Gasteiger partial charge on any atom is -0.497 e. The molecule has 2 aliphatic heterocycles. The van der Waals surface area contributed by atoms with Gasteiger partial charge in [-0.3, -0.25) is 29.9 Å². The maximum absolute atomic E-state index is 15.8. The molecule has 0 spiro atoms. The zero-order valence-corrected chi connectivity index (χ0v) is 26.2. The summed E-state index contributed by atoms with van der Waals surface area (Å²) in [4.78, 5) is 55.1. The van der Waals surface area contributed by atoms with Crippen LogP contribution in [0.25, 0.3) is 10.9 Å². The zero-order valence-electron chi connectivity index (χ0n) is 25.4. The molecular formula is C33H31FN6O6S. The van der Waals surface area contributed by atoms with Crippen molar-refractivity contribution < 1.29 is 23.6 Å². The highest BCUT2D eigenvalue weighted by molar-refractivity contribution is 8.00. The molecular weight excluding hydrogens is 627 g/mol. The largest absolute Gasteiger partial charge is 0.497 e. The number of non-ortho nitro benzene ring substituents is 1. The summed E-state index contributed by atoms with van der Waals surface area (Å²) in [6.07, 6.45) is 3.20. The summed E-state index contributed by atoms with van der Waals surface area (Å²) in [6.45, 7) is 2.53. The van der Waals surface area contributed by atoms with E-state index < -0.39 is 33.4 Å². The Morgan fingerprint density at radius 3 is 2.43 bits per heavy atom. The van der Waals surface area contributed by atoms with Gasteiger partial charge < -0.3 is 19.1 Å². The standard InChI is InChI=1S/C33H31FN6O6S/c1-46-24-9-7-21(8-10-24)36-11-13-37(14-12-36)29-17-28-25(16-27(29)34)31(42)26(18-38(28)22-5-6-22)32(43)35-39-30(41)19-47-33(39)20-3-2-4-23(15-20)40(44)45/h2-4,7-10,15-18,22,33H,5-6,11-14,19H2,1H3,(H,35,43). The number of hydrazine groups is 1. The number of nitro groups is 1. The average Bonchev–Trinajstić information content (AvgIpc) is 3.87. The quantitative estimate of drug-likeness (QED) is 0.213. The Bertz CT molecular complexity index is 1960. The van der Waals surface area contributed by atoms with Crippen LogP contribution >= 0.6 is 11.8 Å². The molecule has 14 heteroatoms. The van der Waals surface area contributed by atoms with Gasteiger partial charge in [-0.1, -0.05) is 12.1 Å². The Morgan fingerprint density at radius 1 is 1.02 bits per heavy atom. The van der Waals surface area contributed by atoms with Crippen LogP contribution in [0.4, 0.5) is 21.5 Å². The number of rotatable bonds is 8. The van der Waals surface area contributed by atoms with Crippen molar-refractivity contribution in [3.8, 4) is 5.75 Å². The fraction of sp³-hybridized carbons (Fsp3) is 0.303. The van der Waals surface area contributed by atoms with Gasteiger partial charge in [0.1, 0.15) is 22.5 Å². The molecule has 3 aliphatic rings. The number of nitrogens with one attached hydrogen (secondary N) is 1. The lowest BCUT2D eigenvalue weighted by Gasteiger charge is -2.37. The summed E-state index contributed by atoms with van der Waals surface area (Å²) in [6, 6.07) is 16.6. The Balaban J connectivity index is 1.15. The van der Waals surface area contributed by atoms with E-state index in [0.717, 1.165) is 29.3 Å². The van der Waals surface area contributed by atoms with Gasteiger partial charge in [-0.25, -0.2) is 9.40 Å². The van der Waals surface area contributed by atoms with Crippen LogP contribution in [0, 0.1) is 15.9 Å². The van der Waals surface area contributed by atoms with Crippen molar-refractivity contribution in [2.75, 3.05) is 48.8 Å². The smallest absolute Gasteiger partial charge is 0.275 e. The first-order valence-corrected chi connectivity index (χ1v) is 16.3. The van der Waals surface area contributed by atoms with Crippen LogP contribution in [0.2, 0.25) is 0 Å². The number of anilines is 2. The molecule has 4 aromatic rings. The van der Waals surface area contributed by atoms with E-state index in [4.69, 9.17) is 4.74 Å². The number of halogens is 1. The van der Waals surface area contributed by atoms with E-state index in [9.17, 15) is 24.5 Å². The van der Waals surface area contributed by atoms with Crippen LogP contribution in [0.5, 0.6) is 5.75 Å². The number of piperazine rings is 1. The average molecular weight is 659 g/mol. The highest BCUT2D eigenvalue weighted by atomic mass is 32.2. The van der Waals surface area contributed by atoms with E-state index in [1.54, 1.807) is 19.2 Å². The summed E-state index contributed by atoms with van der Waals surface area (Å²) in [5.41, 5.74) is 4.03. The number of benzene rings is 3. The second kappa shape index (κ2) is 12.2. The monoisotopic (exact) mass is 658 g/mol. The number of amides is 2. The first-order chi connectivity index (χ1) is 22.7. The van der Waals surface area contributed by atoms with E-state index in [1.807, 2.05) is 33.7 Å². The van der Waals surface area contributed by atoms with Crippen LogP contribution < -0.4 is 25.4 Å². The number of nitrogens with zero attached hydrogens (tertiary/aromatic N) is 5. The van der Waals surface area contributed by atoms with E-state index in [2.05, 4.69) is 10.3 Å². The SMILES string of the molecule is COc1ccc(N2CCN(c3cc4c(cc3F)c(=O)c(C(=O)NN3C(=O)CSC3c3cccc([N+](=O)[O-])c3)cn4C3CC3)CC2)cc1. The van der Waals surface area contributed by atoms with E-state index in [1.165, 1.54) is 42.2 Å². The van der Waals surface area contributed by atoms with E-state index >= 15 is 4.39 Å². The number of nitro benzene ring substituents is 1. The number of hydrogen-bond acceptors (Lipinski definition) is 9. The van der Waals surface area contributed by atoms with Gasteiger partial charge in [0.05, 0.1) is 29.0 Å². The summed E-state index contributed by atoms with van der Waals surface area (Å²) in [7, 11) is 1.62. The van der Waals surface area contributed by atoms with Gasteiger partial charge in [-0.2, -0.15) is 0 Å². The molecule has 1 atom stereocenters. The Hall–Kier alpha value is -5.11. The third-order valence-electron chi connectivity index (χ3n) is 8.80. The fourth-order valence-corrected chi connectivity index (χ4v) is 7.27. The summed E-state index contributed by atoms with van der Waals surface area (Å²) >= 11 is 1.20. The molecule has 1 aliphatic carbocycles. The van der Waals surface area contributed by atoms with Crippen LogP contribution in [0.15, 0.2) is 71.7 Å². The molecule has 1 aromatic heterocycles. The lowest BCUT2D eigenvalue weighted by Crippen LogP contribution is -2.47. The van der Waals surface area contributed by atoms with Gasteiger partial charge in [0.2, 0.25) is 5.43 Å². The lowest BCUT2D eigenvalue weighted by molar-refractivity contribution is -0.384. The second-order valence-corrected chi connectivity index (χ2v) is 12.8. The Morgan fingerprint density at radius 2 is 1.74 bits per heavy atom. The van der Waals surface area contributed by atoms with Crippen molar-refractivity contribution in [2.24, 2.45) is 0 Å². The predicted octanol–water partition coefficient (Wildman–Crippen LogP) is 4.64. The number of methoxy groups -OCH3 is 1. The van der Waals surface area contributed by atoms with Crippen molar-refractivity contribution in [2.45, 2.75) is 24.3 Å². The van der Waals surface area contributed by atoms with Crippen molar-refractivity contribution in [1.82, 2.24) is 15.0 Å². The maximum atomic E-state index is 15.8. The molecule has 12 nitrogen and oxygen atoms in total.